The van der Waals surface area contributed by atoms with E-state index in [1.807, 2.05) is 0 Å². The van der Waals surface area contributed by atoms with Crippen molar-refractivity contribution in [2.24, 2.45) is 5.73 Å². The third-order valence-corrected chi connectivity index (χ3v) is 2.23. The topological polar surface area (TPSA) is 56.2 Å². The van der Waals surface area contributed by atoms with Crippen LogP contribution < -0.4 is 5.73 Å². The van der Waals surface area contributed by atoms with Gasteiger partial charge in [-0.3, -0.25) is 4.79 Å². The summed E-state index contributed by atoms with van der Waals surface area (Å²) in [4.78, 5) is 11.6. The minimum atomic E-state index is -0.526. The Hall–Kier alpha value is -1.68. The maximum atomic E-state index is 13.5. The van der Waals surface area contributed by atoms with Crippen LogP contribution in [0.25, 0.3) is 11.0 Å². The Labute approximate surface area is 85.7 Å². The molecule has 0 aliphatic rings. The molecule has 2 rings (SSSR count). The zero-order valence-electron chi connectivity index (χ0n) is 8.00. The molecule has 1 heterocycles. The number of carbonyl (C=O) groups is 1. The fraction of sp³-hybridized carbons (Fsp3) is 0.182. The second-order valence-electron chi connectivity index (χ2n) is 3.22. The van der Waals surface area contributed by atoms with Crippen molar-refractivity contribution in [2.75, 3.05) is 6.54 Å². The summed E-state index contributed by atoms with van der Waals surface area (Å²) >= 11 is 0. The van der Waals surface area contributed by atoms with Crippen molar-refractivity contribution in [2.45, 2.75) is 6.42 Å². The van der Waals surface area contributed by atoms with Gasteiger partial charge in [0.05, 0.1) is 11.8 Å². The van der Waals surface area contributed by atoms with Crippen molar-refractivity contribution < 1.29 is 13.6 Å². The lowest BCUT2D eigenvalue weighted by Crippen LogP contribution is -2.10. The van der Waals surface area contributed by atoms with Crippen LogP contribution in [0.3, 0.4) is 0 Å². The minimum absolute atomic E-state index is 0.0756. The molecule has 2 N–H and O–H groups in total. The van der Waals surface area contributed by atoms with Crippen LogP contribution in [0.4, 0.5) is 4.39 Å². The lowest BCUT2D eigenvalue weighted by atomic mass is 10.0. The average Bonchev–Trinajstić information content (AvgIpc) is 2.65. The first kappa shape index (κ1) is 9.86. The Kier molecular flexibility index (Phi) is 2.51. The van der Waals surface area contributed by atoms with Gasteiger partial charge in [0, 0.05) is 11.8 Å². The van der Waals surface area contributed by atoms with E-state index in [1.54, 1.807) is 6.07 Å². The van der Waals surface area contributed by atoms with Crippen molar-refractivity contribution in [3.63, 3.8) is 0 Å². The molecular weight excluding hydrogens is 197 g/mol. The van der Waals surface area contributed by atoms with Gasteiger partial charge in [-0.05, 0) is 24.7 Å². The smallest absolute Gasteiger partial charge is 0.167 e. The van der Waals surface area contributed by atoms with Crippen molar-refractivity contribution in [1.82, 2.24) is 0 Å². The number of benzene rings is 1. The van der Waals surface area contributed by atoms with Crippen LogP contribution in [0.2, 0.25) is 0 Å². The van der Waals surface area contributed by atoms with Gasteiger partial charge in [-0.1, -0.05) is 0 Å². The van der Waals surface area contributed by atoms with Crippen LogP contribution in [0.1, 0.15) is 16.8 Å². The summed E-state index contributed by atoms with van der Waals surface area (Å²) < 4.78 is 18.6. The number of ketones is 1. The SMILES string of the molecule is NCCC(=O)c1c(F)ccc2occc12. The minimum Gasteiger partial charge on any atom is -0.464 e. The van der Waals surface area contributed by atoms with E-state index in [-0.39, 0.29) is 24.3 Å². The van der Waals surface area contributed by atoms with Crippen LogP contribution in [-0.2, 0) is 0 Å². The number of nitrogens with two attached hydrogens (primary N) is 1. The third-order valence-electron chi connectivity index (χ3n) is 2.23. The summed E-state index contributed by atoms with van der Waals surface area (Å²) in [7, 11) is 0. The van der Waals surface area contributed by atoms with Crippen LogP contribution in [0.5, 0.6) is 0 Å². The molecule has 2 aromatic rings. The highest BCUT2D eigenvalue weighted by Gasteiger charge is 2.16. The van der Waals surface area contributed by atoms with Gasteiger partial charge in [-0.2, -0.15) is 0 Å². The highest BCUT2D eigenvalue weighted by atomic mass is 19.1. The van der Waals surface area contributed by atoms with Crippen molar-refractivity contribution >= 4 is 16.8 Å². The van der Waals surface area contributed by atoms with Crippen LogP contribution in [-0.4, -0.2) is 12.3 Å². The summed E-state index contributed by atoms with van der Waals surface area (Å²) in [5, 5.41) is 0.508. The number of carbonyl (C=O) groups excluding carboxylic acids is 1. The first-order valence-corrected chi connectivity index (χ1v) is 4.63. The van der Waals surface area contributed by atoms with Gasteiger partial charge in [-0.15, -0.1) is 0 Å². The predicted molar refractivity (Wildman–Crippen MR) is 54.2 cm³/mol. The molecule has 0 atom stereocenters. The molecule has 0 saturated carbocycles. The number of hydrogen-bond donors (Lipinski definition) is 1. The molecule has 1 aromatic carbocycles. The fourth-order valence-corrected chi connectivity index (χ4v) is 1.56. The van der Waals surface area contributed by atoms with Gasteiger partial charge in [0.25, 0.3) is 0 Å². The number of furan rings is 1. The van der Waals surface area contributed by atoms with Crippen molar-refractivity contribution in [1.29, 1.82) is 0 Å². The predicted octanol–water partition coefficient (Wildman–Crippen LogP) is 2.10. The molecule has 0 unspecified atom stereocenters. The highest BCUT2D eigenvalue weighted by molar-refractivity contribution is 6.07. The van der Waals surface area contributed by atoms with E-state index in [0.717, 1.165) is 0 Å². The number of fused-ring (bicyclic) bond motifs is 1. The van der Waals surface area contributed by atoms with Crippen LogP contribution >= 0.6 is 0 Å². The second-order valence-corrected chi connectivity index (χ2v) is 3.22. The molecule has 0 aliphatic carbocycles. The number of halogens is 1. The molecule has 4 heteroatoms. The van der Waals surface area contributed by atoms with Crippen molar-refractivity contribution in [3.05, 3.63) is 35.8 Å². The third kappa shape index (κ3) is 1.64. The largest absolute Gasteiger partial charge is 0.464 e. The molecular formula is C11H10FNO2. The van der Waals surface area contributed by atoms with E-state index < -0.39 is 5.82 Å². The Morgan fingerprint density at radius 3 is 2.93 bits per heavy atom. The molecule has 78 valence electrons. The molecule has 0 aliphatic heterocycles. The fourth-order valence-electron chi connectivity index (χ4n) is 1.56. The van der Waals surface area contributed by atoms with Gasteiger partial charge < -0.3 is 10.2 Å². The normalized spacial score (nSPS) is 10.8. The maximum absolute atomic E-state index is 13.5. The molecule has 15 heavy (non-hydrogen) atoms. The molecule has 0 bridgehead atoms. The molecule has 1 aromatic heterocycles. The molecule has 0 saturated heterocycles. The quantitative estimate of drug-likeness (QED) is 0.784. The van der Waals surface area contributed by atoms with E-state index in [2.05, 4.69) is 0 Å². The summed E-state index contributed by atoms with van der Waals surface area (Å²) in [6.07, 6.45) is 1.57. The Morgan fingerprint density at radius 2 is 2.20 bits per heavy atom. The maximum Gasteiger partial charge on any atom is 0.167 e. The van der Waals surface area contributed by atoms with Gasteiger partial charge in [0.15, 0.2) is 5.78 Å². The van der Waals surface area contributed by atoms with E-state index >= 15 is 0 Å². The summed E-state index contributed by atoms with van der Waals surface area (Å²) in [6.45, 7) is 0.215. The van der Waals surface area contributed by atoms with Gasteiger partial charge in [0.1, 0.15) is 11.4 Å². The molecule has 0 spiro atoms. The van der Waals surface area contributed by atoms with Crippen molar-refractivity contribution in [3.8, 4) is 0 Å². The zero-order chi connectivity index (χ0) is 10.8. The first-order chi connectivity index (χ1) is 7.24. The highest BCUT2D eigenvalue weighted by Crippen LogP contribution is 2.23. The number of rotatable bonds is 3. The van der Waals surface area contributed by atoms with E-state index in [9.17, 15) is 9.18 Å². The monoisotopic (exact) mass is 207 g/mol. The van der Waals surface area contributed by atoms with Crippen LogP contribution in [0, 0.1) is 5.82 Å². The van der Waals surface area contributed by atoms with E-state index in [1.165, 1.54) is 18.4 Å². The summed E-state index contributed by atoms with van der Waals surface area (Å²) in [5.41, 5.74) is 5.86. The molecule has 0 radical (unpaired) electrons. The van der Waals surface area contributed by atoms with E-state index in [0.29, 0.717) is 11.0 Å². The van der Waals surface area contributed by atoms with Gasteiger partial charge in [-0.25, -0.2) is 4.39 Å². The van der Waals surface area contributed by atoms with E-state index in [4.69, 9.17) is 10.2 Å². The second kappa shape index (κ2) is 3.82. The Bertz CT molecular complexity index is 504. The van der Waals surface area contributed by atoms with Crippen LogP contribution in [0.15, 0.2) is 28.9 Å². The Balaban J connectivity index is 2.61. The van der Waals surface area contributed by atoms with Gasteiger partial charge in [0.2, 0.25) is 0 Å². The summed E-state index contributed by atoms with van der Waals surface area (Å²) in [5.74, 6) is -0.815. The van der Waals surface area contributed by atoms with Gasteiger partial charge >= 0.3 is 0 Å². The Morgan fingerprint density at radius 1 is 1.40 bits per heavy atom. The summed E-state index contributed by atoms with van der Waals surface area (Å²) in [6, 6.07) is 4.32. The number of Topliss-reactive ketones (excluding diaryl/α,β-unsaturated/α-hetero) is 1. The average molecular weight is 207 g/mol. The molecule has 3 nitrogen and oxygen atoms in total. The standard InChI is InChI=1S/C11H10FNO2/c12-8-1-2-10-7(4-6-15-10)11(8)9(14)3-5-13/h1-2,4,6H,3,5,13H2. The first-order valence-electron chi connectivity index (χ1n) is 4.63. The number of hydrogen-bond acceptors (Lipinski definition) is 3. The lowest BCUT2D eigenvalue weighted by Gasteiger charge is -2.02. The molecule has 0 amide bonds. The lowest BCUT2D eigenvalue weighted by molar-refractivity contribution is 0.0983. The zero-order valence-corrected chi connectivity index (χ0v) is 8.00. The molecule has 0 fully saturated rings.